The molecule has 142 valence electrons. The van der Waals surface area contributed by atoms with Crippen molar-refractivity contribution < 1.29 is 19.4 Å². The zero-order valence-electron chi connectivity index (χ0n) is 15.2. The van der Waals surface area contributed by atoms with Crippen molar-refractivity contribution in [2.24, 2.45) is 0 Å². The summed E-state index contributed by atoms with van der Waals surface area (Å²) in [5.74, 6) is 1.59. The average molecular weight is 369 g/mol. The van der Waals surface area contributed by atoms with Gasteiger partial charge in [0.25, 0.3) is 0 Å². The van der Waals surface area contributed by atoms with Crippen LogP contribution in [0.15, 0.2) is 42.5 Å². The number of hydrogen-bond acceptors (Lipinski definition) is 6. The summed E-state index contributed by atoms with van der Waals surface area (Å²) >= 11 is 0. The molecule has 2 aliphatic rings. The predicted octanol–water partition coefficient (Wildman–Crippen LogP) is 2.27. The first-order valence-corrected chi connectivity index (χ1v) is 9.09. The first kappa shape index (κ1) is 17.5. The number of fused-ring (bicyclic) bond motifs is 1. The smallest absolute Gasteiger partial charge is 0.241 e. The topological polar surface area (TPSA) is 74.3 Å². The van der Waals surface area contributed by atoms with Gasteiger partial charge < -0.3 is 24.8 Å². The van der Waals surface area contributed by atoms with Crippen LogP contribution in [0.2, 0.25) is 0 Å². The number of piperazine rings is 1. The van der Waals surface area contributed by atoms with E-state index in [1.54, 1.807) is 18.2 Å². The van der Waals surface area contributed by atoms with Crippen LogP contribution >= 0.6 is 0 Å². The Morgan fingerprint density at radius 3 is 2.59 bits per heavy atom. The van der Waals surface area contributed by atoms with Gasteiger partial charge in [-0.1, -0.05) is 12.1 Å². The number of amides is 1. The van der Waals surface area contributed by atoms with E-state index in [1.165, 1.54) is 0 Å². The highest BCUT2D eigenvalue weighted by molar-refractivity contribution is 5.94. The lowest BCUT2D eigenvalue weighted by molar-refractivity contribution is -0.120. The Bertz CT molecular complexity index is 834. The summed E-state index contributed by atoms with van der Waals surface area (Å²) in [5, 5.41) is 13.0. The highest BCUT2D eigenvalue weighted by atomic mass is 16.7. The lowest BCUT2D eigenvalue weighted by Gasteiger charge is -2.38. The molecule has 2 heterocycles. The minimum atomic E-state index is -0.248. The maximum atomic E-state index is 12.6. The number of phenols is 1. The van der Waals surface area contributed by atoms with Crippen LogP contribution in [0.3, 0.4) is 0 Å². The molecule has 2 N–H and O–H groups in total. The molecule has 2 aromatic rings. The number of phenolic OH excluding ortho intramolecular Hbond substituents is 1. The zero-order chi connectivity index (χ0) is 18.8. The number of anilines is 2. The van der Waals surface area contributed by atoms with E-state index in [2.05, 4.69) is 15.1 Å². The van der Waals surface area contributed by atoms with Gasteiger partial charge in [-0.3, -0.25) is 9.69 Å². The zero-order valence-corrected chi connectivity index (χ0v) is 15.2. The summed E-state index contributed by atoms with van der Waals surface area (Å²) in [6.07, 6.45) is 0. The number of aromatic hydroxyl groups is 1. The van der Waals surface area contributed by atoms with Crippen molar-refractivity contribution >= 4 is 17.3 Å². The molecule has 4 rings (SSSR count). The molecule has 0 spiro atoms. The van der Waals surface area contributed by atoms with Gasteiger partial charge in [0.1, 0.15) is 5.75 Å². The van der Waals surface area contributed by atoms with Gasteiger partial charge in [0.05, 0.1) is 11.7 Å². The Morgan fingerprint density at radius 2 is 1.81 bits per heavy atom. The number of carbonyl (C=O) groups excluding carboxylic acids is 1. The van der Waals surface area contributed by atoms with Crippen LogP contribution in [0.25, 0.3) is 0 Å². The second kappa shape index (κ2) is 7.36. The van der Waals surface area contributed by atoms with Crippen LogP contribution in [0.1, 0.15) is 6.92 Å². The number of ether oxygens (including phenoxy) is 2. The standard InChI is InChI=1S/C20H23N3O4/c1-14(20(25)21-15-6-7-18-19(12-15)27-13-26-18)22-8-10-23(11-9-22)16-4-2-3-5-17(16)24/h2-7,12,14,24H,8-11,13H2,1H3,(H,21,25)/t14-/m1/s1. The summed E-state index contributed by atoms with van der Waals surface area (Å²) < 4.78 is 10.6. The van der Waals surface area contributed by atoms with Gasteiger partial charge in [-0.05, 0) is 31.2 Å². The Kier molecular flexibility index (Phi) is 4.77. The first-order chi connectivity index (χ1) is 13.1. The lowest BCUT2D eigenvalue weighted by atomic mass is 10.2. The molecule has 0 aliphatic carbocycles. The van der Waals surface area contributed by atoms with E-state index < -0.39 is 0 Å². The quantitative estimate of drug-likeness (QED) is 0.861. The van der Waals surface area contributed by atoms with E-state index in [0.29, 0.717) is 22.9 Å². The molecule has 0 aromatic heterocycles. The number of carbonyl (C=O) groups is 1. The maximum Gasteiger partial charge on any atom is 0.241 e. The summed E-state index contributed by atoms with van der Waals surface area (Å²) in [7, 11) is 0. The minimum absolute atomic E-state index is 0.0510. The van der Waals surface area contributed by atoms with Gasteiger partial charge in [0.15, 0.2) is 11.5 Å². The van der Waals surface area contributed by atoms with Crippen molar-refractivity contribution in [3.8, 4) is 17.2 Å². The fourth-order valence-electron chi connectivity index (χ4n) is 3.47. The molecule has 0 unspecified atom stereocenters. The molecule has 0 saturated carbocycles. The summed E-state index contributed by atoms with van der Waals surface area (Å²) in [6.45, 7) is 5.16. The molecule has 1 fully saturated rings. The Morgan fingerprint density at radius 1 is 1.07 bits per heavy atom. The summed E-state index contributed by atoms with van der Waals surface area (Å²) in [5.41, 5.74) is 1.54. The molecular formula is C20H23N3O4. The van der Waals surface area contributed by atoms with Crippen LogP contribution in [0, 0.1) is 0 Å². The summed E-state index contributed by atoms with van der Waals surface area (Å²) in [6, 6.07) is 12.5. The van der Waals surface area contributed by atoms with Crippen LogP contribution in [0.4, 0.5) is 11.4 Å². The normalized spacial score (nSPS) is 17.6. The third-order valence-corrected chi connectivity index (χ3v) is 5.10. The molecule has 1 saturated heterocycles. The van der Waals surface area contributed by atoms with E-state index >= 15 is 0 Å². The van der Waals surface area contributed by atoms with E-state index in [9.17, 15) is 9.90 Å². The van der Waals surface area contributed by atoms with Gasteiger partial charge in [-0.2, -0.15) is 0 Å². The van der Waals surface area contributed by atoms with Crippen molar-refractivity contribution in [3.05, 3.63) is 42.5 Å². The van der Waals surface area contributed by atoms with Crippen LogP contribution in [-0.2, 0) is 4.79 Å². The molecule has 1 amide bonds. The minimum Gasteiger partial charge on any atom is -0.506 e. The predicted molar refractivity (Wildman–Crippen MR) is 103 cm³/mol. The number of nitrogens with one attached hydrogen (secondary N) is 1. The molecular weight excluding hydrogens is 346 g/mol. The molecule has 27 heavy (non-hydrogen) atoms. The third kappa shape index (κ3) is 3.64. The number of para-hydroxylation sites is 2. The van der Waals surface area contributed by atoms with Crippen molar-refractivity contribution in [1.82, 2.24) is 4.90 Å². The van der Waals surface area contributed by atoms with Crippen molar-refractivity contribution in [1.29, 1.82) is 0 Å². The van der Waals surface area contributed by atoms with Gasteiger partial charge in [-0.15, -0.1) is 0 Å². The third-order valence-electron chi connectivity index (χ3n) is 5.10. The number of nitrogens with zero attached hydrogens (tertiary/aromatic N) is 2. The van der Waals surface area contributed by atoms with Gasteiger partial charge >= 0.3 is 0 Å². The Labute approximate surface area is 158 Å². The Balaban J connectivity index is 1.34. The van der Waals surface area contributed by atoms with Gasteiger partial charge in [0, 0.05) is 37.9 Å². The molecule has 0 bridgehead atoms. The number of hydrogen-bond donors (Lipinski definition) is 2. The first-order valence-electron chi connectivity index (χ1n) is 9.09. The van der Waals surface area contributed by atoms with Crippen molar-refractivity contribution in [3.63, 3.8) is 0 Å². The molecule has 2 aromatic carbocycles. The highest BCUT2D eigenvalue weighted by Crippen LogP contribution is 2.34. The van der Waals surface area contributed by atoms with E-state index in [0.717, 1.165) is 31.9 Å². The largest absolute Gasteiger partial charge is 0.506 e. The SMILES string of the molecule is C[C@H](C(=O)Nc1ccc2c(c1)OCO2)N1CCN(c2ccccc2O)CC1. The van der Waals surface area contributed by atoms with E-state index in [4.69, 9.17) is 9.47 Å². The highest BCUT2D eigenvalue weighted by Gasteiger charge is 2.26. The number of rotatable bonds is 4. The van der Waals surface area contributed by atoms with Gasteiger partial charge in [-0.25, -0.2) is 0 Å². The fourth-order valence-corrected chi connectivity index (χ4v) is 3.47. The molecule has 7 nitrogen and oxygen atoms in total. The molecule has 7 heteroatoms. The maximum absolute atomic E-state index is 12.6. The van der Waals surface area contributed by atoms with E-state index in [1.807, 2.05) is 31.2 Å². The van der Waals surface area contributed by atoms with Gasteiger partial charge in [0.2, 0.25) is 12.7 Å². The average Bonchev–Trinajstić information content (AvgIpc) is 3.16. The van der Waals surface area contributed by atoms with Crippen molar-refractivity contribution in [2.75, 3.05) is 43.2 Å². The lowest BCUT2D eigenvalue weighted by Crippen LogP contribution is -2.52. The molecule has 0 radical (unpaired) electrons. The summed E-state index contributed by atoms with van der Waals surface area (Å²) in [4.78, 5) is 16.9. The van der Waals surface area contributed by atoms with Crippen molar-refractivity contribution in [2.45, 2.75) is 13.0 Å². The molecule has 1 atom stereocenters. The van der Waals surface area contributed by atoms with Crippen LogP contribution in [-0.4, -0.2) is 54.9 Å². The Hall–Kier alpha value is -2.93. The van der Waals surface area contributed by atoms with E-state index in [-0.39, 0.29) is 18.7 Å². The number of benzene rings is 2. The second-order valence-corrected chi connectivity index (χ2v) is 6.74. The molecule has 2 aliphatic heterocycles. The monoisotopic (exact) mass is 369 g/mol. The van der Waals surface area contributed by atoms with Crippen LogP contribution < -0.4 is 19.7 Å². The fraction of sp³-hybridized carbons (Fsp3) is 0.350. The second-order valence-electron chi connectivity index (χ2n) is 6.74. The van der Waals surface area contributed by atoms with Crippen LogP contribution in [0.5, 0.6) is 17.2 Å².